The molecule has 1 atom stereocenters. The van der Waals surface area contributed by atoms with Crippen molar-refractivity contribution in [1.29, 1.82) is 0 Å². The fraction of sp³-hybridized carbons (Fsp3) is 0.400. The molecule has 0 radical (unpaired) electrons. The van der Waals surface area contributed by atoms with E-state index in [1.54, 1.807) is 19.1 Å². The molecule has 0 saturated carbocycles. The fourth-order valence-corrected chi connectivity index (χ4v) is 2.71. The van der Waals surface area contributed by atoms with Gasteiger partial charge in [-0.15, -0.1) is 0 Å². The Morgan fingerprint density at radius 3 is 2.24 bits per heavy atom. The molecule has 17 heavy (non-hydrogen) atoms. The second-order valence-electron chi connectivity index (χ2n) is 3.39. The predicted molar refractivity (Wildman–Crippen MR) is 63.0 cm³/mol. The van der Waals surface area contributed by atoms with E-state index in [-0.39, 0.29) is 10.2 Å². The zero-order valence-electron chi connectivity index (χ0n) is 8.94. The topological polar surface area (TPSA) is 43.4 Å². The summed E-state index contributed by atoms with van der Waals surface area (Å²) in [6.45, 7) is 1.79. The fourth-order valence-electron chi connectivity index (χ4n) is 1.06. The molecule has 0 heterocycles. The molecule has 3 nitrogen and oxygen atoms in total. The lowest BCUT2D eigenvalue weighted by atomic mass is 10.2. The third-order valence-corrected chi connectivity index (χ3v) is 3.98. The Balaban J connectivity index is 2.92. The molecule has 1 aromatic carbocycles. The van der Waals surface area contributed by atoms with Crippen LogP contribution in [0.15, 0.2) is 29.2 Å². The monoisotopic (exact) mass is 328 g/mol. The summed E-state index contributed by atoms with van der Waals surface area (Å²) in [5, 5.41) is -0.254. The van der Waals surface area contributed by atoms with Crippen molar-refractivity contribution >= 4 is 26.0 Å². The zero-order valence-corrected chi connectivity index (χ0v) is 11.3. The van der Waals surface area contributed by atoms with E-state index in [9.17, 15) is 17.2 Å². The molecule has 7 heteroatoms. The van der Waals surface area contributed by atoms with E-state index in [1.807, 2.05) is 0 Å². The summed E-state index contributed by atoms with van der Waals surface area (Å²) >= 11 is 2.78. The van der Waals surface area contributed by atoms with Gasteiger partial charge in [-0.2, -0.15) is 8.42 Å². The number of rotatable bonds is 5. The van der Waals surface area contributed by atoms with Gasteiger partial charge in [-0.3, -0.25) is 4.18 Å². The van der Waals surface area contributed by atoms with Crippen LogP contribution in [0.5, 0.6) is 0 Å². The van der Waals surface area contributed by atoms with Crippen LogP contribution in [0.4, 0.5) is 8.78 Å². The molecule has 96 valence electrons. The van der Waals surface area contributed by atoms with E-state index < -0.39 is 22.6 Å². The van der Waals surface area contributed by atoms with Gasteiger partial charge in [0.25, 0.3) is 16.5 Å². The van der Waals surface area contributed by atoms with Gasteiger partial charge in [0, 0.05) is 5.33 Å². The number of aryl methyl sites for hydroxylation is 1. The molecule has 0 aliphatic heterocycles. The molecule has 0 fully saturated rings. The van der Waals surface area contributed by atoms with Gasteiger partial charge in [-0.05, 0) is 19.1 Å². The molecular formula is C10H11BrF2O3S. The quantitative estimate of drug-likeness (QED) is 0.616. The Morgan fingerprint density at radius 2 is 1.82 bits per heavy atom. The maximum atomic E-state index is 12.4. The minimum Gasteiger partial charge on any atom is -0.256 e. The van der Waals surface area contributed by atoms with Crippen LogP contribution in [0.1, 0.15) is 5.56 Å². The second-order valence-corrected chi connectivity index (χ2v) is 5.61. The molecule has 1 aromatic rings. The average molecular weight is 329 g/mol. The highest BCUT2D eigenvalue weighted by Crippen LogP contribution is 2.19. The Labute approximate surface area is 107 Å². The van der Waals surface area contributed by atoms with E-state index in [4.69, 9.17) is 0 Å². The molecule has 0 aliphatic rings. The first-order chi connectivity index (χ1) is 7.86. The van der Waals surface area contributed by atoms with Crippen LogP contribution in [-0.2, 0) is 14.3 Å². The third kappa shape index (κ3) is 4.01. The summed E-state index contributed by atoms with van der Waals surface area (Å²) in [5.74, 6) is 0. The molecule has 0 N–H and O–H groups in total. The van der Waals surface area contributed by atoms with Gasteiger partial charge >= 0.3 is 0 Å². The lowest BCUT2D eigenvalue weighted by molar-refractivity contribution is 0.0296. The maximum absolute atomic E-state index is 12.4. The van der Waals surface area contributed by atoms with Gasteiger partial charge < -0.3 is 0 Å². The lowest BCUT2D eigenvalue weighted by Crippen LogP contribution is -2.27. The highest BCUT2D eigenvalue weighted by Gasteiger charge is 2.27. The molecule has 0 aliphatic carbocycles. The predicted octanol–water partition coefficient (Wildman–Crippen LogP) is 2.73. The van der Waals surface area contributed by atoms with Crippen molar-refractivity contribution < 1.29 is 21.4 Å². The molecule has 0 aromatic heterocycles. The zero-order chi connectivity index (χ0) is 13.1. The van der Waals surface area contributed by atoms with Crippen LogP contribution < -0.4 is 0 Å². The number of alkyl halides is 3. The van der Waals surface area contributed by atoms with Gasteiger partial charge in [0.05, 0.1) is 4.90 Å². The van der Waals surface area contributed by atoms with Crippen molar-refractivity contribution in [1.82, 2.24) is 0 Å². The first-order valence-electron chi connectivity index (χ1n) is 4.71. The van der Waals surface area contributed by atoms with Crippen molar-refractivity contribution in [3.8, 4) is 0 Å². The van der Waals surface area contributed by atoms with E-state index in [2.05, 4.69) is 20.1 Å². The van der Waals surface area contributed by atoms with Gasteiger partial charge in [0.15, 0.2) is 0 Å². The molecule has 0 bridgehead atoms. The van der Waals surface area contributed by atoms with Crippen LogP contribution in [0, 0.1) is 6.92 Å². The molecule has 1 unspecified atom stereocenters. The van der Waals surface area contributed by atoms with E-state index >= 15 is 0 Å². The molecule has 0 saturated heterocycles. The largest absolute Gasteiger partial charge is 0.297 e. The van der Waals surface area contributed by atoms with Crippen LogP contribution in [-0.4, -0.2) is 26.3 Å². The average Bonchev–Trinajstić information content (AvgIpc) is 2.26. The second kappa shape index (κ2) is 5.88. The summed E-state index contributed by atoms with van der Waals surface area (Å²) in [6, 6.07) is 5.78. The van der Waals surface area contributed by atoms with Gasteiger partial charge in [-0.25, -0.2) is 8.78 Å². The Bertz CT molecular complexity index is 459. The summed E-state index contributed by atoms with van der Waals surface area (Å²) in [4.78, 5) is -0.130. The minimum absolute atomic E-state index is 0.130. The Kier molecular flexibility index (Phi) is 5.03. The van der Waals surface area contributed by atoms with Gasteiger partial charge in [0.2, 0.25) is 0 Å². The van der Waals surface area contributed by atoms with E-state index in [1.165, 1.54) is 12.1 Å². The van der Waals surface area contributed by atoms with Crippen molar-refractivity contribution in [3.63, 3.8) is 0 Å². The Morgan fingerprint density at radius 1 is 1.29 bits per heavy atom. The van der Waals surface area contributed by atoms with E-state index in [0.717, 1.165) is 5.56 Å². The van der Waals surface area contributed by atoms with Crippen LogP contribution >= 0.6 is 15.9 Å². The van der Waals surface area contributed by atoms with Crippen molar-refractivity contribution in [2.75, 3.05) is 5.33 Å². The van der Waals surface area contributed by atoms with Crippen LogP contribution in [0.25, 0.3) is 0 Å². The summed E-state index contributed by atoms with van der Waals surface area (Å²) in [7, 11) is -4.14. The molecular weight excluding hydrogens is 318 g/mol. The normalized spacial score (nSPS) is 13.9. The van der Waals surface area contributed by atoms with Crippen LogP contribution in [0.3, 0.4) is 0 Å². The van der Waals surface area contributed by atoms with Gasteiger partial charge in [-0.1, -0.05) is 33.6 Å². The van der Waals surface area contributed by atoms with Crippen molar-refractivity contribution in [2.24, 2.45) is 0 Å². The molecule has 1 rings (SSSR count). The summed E-state index contributed by atoms with van der Waals surface area (Å²) < 4.78 is 52.5. The highest BCUT2D eigenvalue weighted by atomic mass is 79.9. The molecule has 0 spiro atoms. The summed E-state index contributed by atoms with van der Waals surface area (Å²) in [6.07, 6.45) is -4.55. The highest BCUT2D eigenvalue weighted by molar-refractivity contribution is 9.09. The first-order valence-corrected chi connectivity index (χ1v) is 7.24. The summed E-state index contributed by atoms with van der Waals surface area (Å²) in [5.41, 5.74) is 0.870. The van der Waals surface area contributed by atoms with Crippen molar-refractivity contribution in [3.05, 3.63) is 29.8 Å². The molecule has 0 amide bonds. The lowest BCUT2D eigenvalue weighted by Gasteiger charge is -2.14. The minimum atomic E-state index is -4.14. The Hall–Kier alpha value is -0.530. The SMILES string of the molecule is Cc1ccc(S(=O)(=O)OC(CBr)C(F)F)cc1. The van der Waals surface area contributed by atoms with Gasteiger partial charge in [0.1, 0.15) is 6.10 Å². The van der Waals surface area contributed by atoms with Crippen LogP contribution in [0.2, 0.25) is 0 Å². The smallest absolute Gasteiger partial charge is 0.256 e. The maximum Gasteiger partial charge on any atom is 0.297 e. The number of benzene rings is 1. The number of halogens is 3. The van der Waals surface area contributed by atoms with Crippen molar-refractivity contribution in [2.45, 2.75) is 24.3 Å². The number of hydrogen-bond acceptors (Lipinski definition) is 3. The standard InChI is InChI=1S/C10H11BrF2O3S/c1-7-2-4-8(5-3-7)17(14,15)16-9(6-11)10(12)13/h2-5,9-10H,6H2,1H3. The first kappa shape index (κ1) is 14.5. The third-order valence-electron chi connectivity index (χ3n) is 1.99. The van der Waals surface area contributed by atoms with E-state index in [0.29, 0.717) is 0 Å². The number of hydrogen-bond donors (Lipinski definition) is 0.